The van der Waals surface area contributed by atoms with Crippen molar-refractivity contribution in [1.29, 1.82) is 0 Å². The third kappa shape index (κ3) is 2.42. The molecule has 0 heterocycles. The molecule has 0 aliphatic rings. The molecule has 2 aromatic carbocycles. The fraction of sp³-hybridized carbons (Fsp3) is 0.412. The summed E-state index contributed by atoms with van der Waals surface area (Å²) in [6.45, 7) is 9.06. The molecule has 0 radical (unpaired) electrons. The molecule has 0 aromatic heterocycles. The van der Waals surface area contributed by atoms with Gasteiger partial charge in [0.25, 0.3) is 0 Å². The van der Waals surface area contributed by atoms with E-state index < -0.39 is 0 Å². The molecule has 96 valence electrons. The van der Waals surface area contributed by atoms with Crippen molar-refractivity contribution in [2.24, 2.45) is 0 Å². The lowest BCUT2D eigenvalue weighted by molar-refractivity contribution is 0.507. The van der Waals surface area contributed by atoms with Gasteiger partial charge in [-0.2, -0.15) is 0 Å². The monoisotopic (exact) mass is 258 g/mol. The van der Waals surface area contributed by atoms with Crippen LogP contribution in [0.3, 0.4) is 0 Å². The van der Waals surface area contributed by atoms with Crippen LogP contribution in [0.5, 0.6) is 0 Å². The lowest BCUT2D eigenvalue weighted by Crippen LogP contribution is -2.15. The lowest BCUT2D eigenvalue weighted by Gasteiger charge is -2.24. The molecule has 0 N–H and O–H groups in total. The SMILES string of the molecule is CCc1cc(S)cc2cc(C(C)(C)CC)ccc12. The van der Waals surface area contributed by atoms with E-state index in [1.807, 2.05) is 0 Å². The first-order chi connectivity index (χ1) is 8.47. The average Bonchev–Trinajstić information content (AvgIpc) is 2.36. The fourth-order valence-corrected chi connectivity index (χ4v) is 2.64. The summed E-state index contributed by atoms with van der Waals surface area (Å²) >= 11 is 4.51. The zero-order valence-corrected chi connectivity index (χ0v) is 12.6. The van der Waals surface area contributed by atoms with E-state index in [2.05, 4.69) is 70.7 Å². The summed E-state index contributed by atoms with van der Waals surface area (Å²) in [5.41, 5.74) is 3.05. The number of aryl methyl sites for hydroxylation is 1. The van der Waals surface area contributed by atoms with Gasteiger partial charge < -0.3 is 0 Å². The number of fused-ring (bicyclic) bond motifs is 1. The van der Waals surface area contributed by atoms with E-state index in [9.17, 15) is 0 Å². The molecule has 0 unspecified atom stereocenters. The van der Waals surface area contributed by atoms with Crippen molar-refractivity contribution < 1.29 is 0 Å². The molecule has 1 heteroatoms. The second-order valence-electron chi connectivity index (χ2n) is 5.63. The van der Waals surface area contributed by atoms with Crippen molar-refractivity contribution in [3.05, 3.63) is 41.5 Å². The van der Waals surface area contributed by atoms with Crippen LogP contribution in [0, 0.1) is 0 Å². The van der Waals surface area contributed by atoms with Gasteiger partial charge in [-0.05, 0) is 52.3 Å². The molecule has 2 aromatic rings. The minimum atomic E-state index is 0.243. The molecule has 0 fully saturated rings. The minimum absolute atomic E-state index is 0.243. The van der Waals surface area contributed by atoms with E-state index in [-0.39, 0.29) is 5.41 Å². The standard InChI is InChI=1S/C17H22S/c1-5-12-10-15(18)11-13-9-14(7-8-16(12)13)17(3,4)6-2/h7-11,18H,5-6H2,1-4H3. The van der Waals surface area contributed by atoms with E-state index in [0.717, 1.165) is 17.7 Å². The van der Waals surface area contributed by atoms with E-state index >= 15 is 0 Å². The van der Waals surface area contributed by atoms with Crippen LogP contribution in [0.25, 0.3) is 10.8 Å². The first kappa shape index (κ1) is 13.5. The molecule has 18 heavy (non-hydrogen) atoms. The maximum Gasteiger partial charge on any atom is 0.00491 e. The van der Waals surface area contributed by atoms with Gasteiger partial charge in [0, 0.05) is 4.90 Å². The van der Waals surface area contributed by atoms with Crippen molar-refractivity contribution >= 4 is 23.4 Å². The van der Waals surface area contributed by atoms with Gasteiger partial charge in [0.1, 0.15) is 0 Å². The Morgan fingerprint density at radius 3 is 2.39 bits per heavy atom. The van der Waals surface area contributed by atoms with Crippen LogP contribution < -0.4 is 0 Å². The Morgan fingerprint density at radius 1 is 1.06 bits per heavy atom. The predicted octanol–water partition coefficient (Wildman–Crippen LogP) is 5.38. The van der Waals surface area contributed by atoms with Gasteiger partial charge in [-0.15, -0.1) is 12.6 Å². The first-order valence-electron chi connectivity index (χ1n) is 6.74. The third-order valence-electron chi connectivity index (χ3n) is 4.07. The molecule has 0 saturated heterocycles. The highest BCUT2D eigenvalue weighted by atomic mass is 32.1. The lowest BCUT2D eigenvalue weighted by atomic mass is 9.81. The number of hydrogen-bond donors (Lipinski definition) is 1. The van der Waals surface area contributed by atoms with Gasteiger partial charge in [0.05, 0.1) is 0 Å². The van der Waals surface area contributed by atoms with Crippen molar-refractivity contribution in [3.63, 3.8) is 0 Å². The quantitative estimate of drug-likeness (QED) is 0.702. The van der Waals surface area contributed by atoms with Gasteiger partial charge in [-0.1, -0.05) is 45.9 Å². The zero-order chi connectivity index (χ0) is 13.3. The Bertz CT molecular complexity index is 567. The van der Waals surface area contributed by atoms with Gasteiger partial charge in [0.15, 0.2) is 0 Å². The van der Waals surface area contributed by atoms with E-state index in [1.165, 1.54) is 21.9 Å². The normalized spacial score (nSPS) is 12.1. The maximum absolute atomic E-state index is 4.51. The Labute approximate surface area is 116 Å². The largest absolute Gasteiger partial charge is 0.143 e. The van der Waals surface area contributed by atoms with Crippen molar-refractivity contribution in [2.45, 2.75) is 50.8 Å². The number of rotatable bonds is 3. The summed E-state index contributed by atoms with van der Waals surface area (Å²) < 4.78 is 0. The summed E-state index contributed by atoms with van der Waals surface area (Å²) in [6.07, 6.45) is 2.21. The van der Waals surface area contributed by atoms with E-state index in [1.54, 1.807) is 0 Å². The Balaban J connectivity index is 2.65. The summed E-state index contributed by atoms with van der Waals surface area (Å²) in [5, 5.41) is 2.68. The predicted molar refractivity (Wildman–Crippen MR) is 83.9 cm³/mol. The van der Waals surface area contributed by atoms with Gasteiger partial charge in [0.2, 0.25) is 0 Å². The third-order valence-corrected chi connectivity index (χ3v) is 4.33. The van der Waals surface area contributed by atoms with E-state index in [4.69, 9.17) is 0 Å². The molecule has 0 aliphatic carbocycles. The molecule has 0 amide bonds. The number of thiol groups is 1. The second kappa shape index (κ2) is 4.97. The van der Waals surface area contributed by atoms with E-state index in [0.29, 0.717) is 0 Å². The smallest absolute Gasteiger partial charge is 0.00491 e. The van der Waals surface area contributed by atoms with Crippen LogP contribution in [-0.4, -0.2) is 0 Å². The Hall–Kier alpha value is -0.950. The molecular weight excluding hydrogens is 236 g/mol. The van der Waals surface area contributed by atoms with Crippen molar-refractivity contribution in [2.75, 3.05) is 0 Å². The fourth-order valence-electron chi connectivity index (χ4n) is 2.35. The topological polar surface area (TPSA) is 0 Å². The highest BCUT2D eigenvalue weighted by Crippen LogP contribution is 2.31. The van der Waals surface area contributed by atoms with Crippen LogP contribution in [0.1, 0.15) is 45.2 Å². The zero-order valence-electron chi connectivity index (χ0n) is 11.7. The highest BCUT2D eigenvalue weighted by molar-refractivity contribution is 7.80. The maximum atomic E-state index is 4.51. The minimum Gasteiger partial charge on any atom is -0.143 e. The summed E-state index contributed by atoms with van der Waals surface area (Å²) in [6, 6.07) is 11.2. The molecular formula is C17H22S. The molecule has 0 saturated carbocycles. The number of benzene rings is 2. The van der Waals surface area contributed by atoms with Crippen molar-refractivity contribution in [1.82, 2.24) is 0 Å². The number of hydrogen-bond acceptors (Lipinski definition) is 1. The summed E-state index contributed by atoms with van der Waals surface area (Å²) in [4.78, 5) is 1.06. The van der Waals surface area contributed by atoms with Crippen molar-refractivity contribution in [3.8, 4) is 0 Å². The van der Waals surface area contributed by atoms with Crippen LogP contribution in [0.2, 0.25) is 0 Å². The first-order valence-corrected chi connectivity index (χ1v) is 7.18. The van der Waals surface area contributed by atoms with Gasteiger partial charge >= 0.3 is 0 Å². The van der Waals surface area contributed by atoms with Crippen LogP contribution in [0.4, 0.5) is 0 Å². The van der Waals surface area contributed by atoms with Gasteiger partial charge in [-0.3, -0.25) is 0 Å². The van der Waals surface area contributed by atoms with Gasteiger partial charge in [-0.25, -0.2) is 0 Å². The molecule has 0 bridgehead atoms. The molecule has 0 aliphatic heterocycles. The average molecular weight is 258 g/mol. The van der Waals surface area contributed by atoms with Crippen LogP contribution >= 0.6 is 12.6 Å². The van der Waals surface area contributed by atoms with Crippen LogP contribution in [0.15, 0.2) is 35.2 Å². The molecule has 0 nitrogen and oxygen atoms in total. The summed E-state index contributed by atoms with van der Waals surface area (Å²) in [7, 11) is 0. The molecule has 0 spiro atoms. The highest BCUT2D eigenvalue weighted by Gasteiger charge is 2.18. The molecule has 0 atom stereocenters. The Kier molecular flexibility index (Phi) is 3.72. The second-order valence-corrected chi connectivity index (χ2v) is 6.15. The van der Waals surface area contributed by atoms with Crippen LogP contribution in [-0.2, 0) is 11.8 Å². The summed E-state index contributed by atoms with van der Waals surface area (Å²) in [5.74, 6) is 0. The molecule has 2 rings (SSSR count). The Morgan fingerprint density at radius 2 is 1.78 bits per heavy atom.